The number of esters is 2. The van der Waals surface area contributed by atoms with Gasteiger partial charge in [-0.3, -0.25) is 15.4 Å². The average molecular weight is 417 g/mol. The van der Waals surface area contributed by atoms with Crippen molar-refractivity contribution in [2.45, 2.75) is 51.0 Å². The summed E-state index contributed by atoms with van der Waals surface area (Å²) in [5, 5.41) is 31.2. The van der Waals surface area contributed by atoms with Crippen LogP contribution in [0, 0.1) is 5.41 Å². The lowest BCUT2D eigenvalue weighted by molar-refractivity contribution is -0.155. The summed E-state index contributed by atoms with van der Waals surface area (Å²) in [5.74, 6) is -1.41. The molecule has 12 heteroatoms. The average Bonchev–Trinajstić information content (AvgIpc) is 2.93. The van der Waals surface area contributed by atoms with Gasteiger partial charge in [-0.05, 0) is 6.08 Å². The number of aliphatic hydroxyl groups is 3. The van der Waals surface area contributed by atoms with Gasteiger partial charge in [0.05, 0.1) is 19.8 Å². The van der Waals surface area contributed by atoms with Crippen LogP contribution >= 0.6 is 0 Å². The van der Waals surface area contributed by atoms with Crippen LogP contribution in [-0.2, 0) is 23.8 Å². The SMILES string of the molecule is CC(=O)OCC(C)(C)COC(=O)C1(N)C=CN([C@@H]2O[C@H](CO)[C@@H](O)[C@H]2O)C(=O)N1. The maximum Gasteiger partial charge on any atom is 0.351 e. The maximum atomic E-state index is 12.4. The van der Waals surface area contributed by atoms with E-state index in [4.69, 9.17) is 25.1 Å². The van der Waals surface area contributed by atoms with Crippen molar-refractivity contribution in [3.63, 3.8) is 0 Å². The minimum absolute atomic E-state index is 0.0222. The highest BCUT2D eigenvalue weighted by Gasteiger charge is 2.49. The number of carbonyl (C=O) groups excluding carboxylic acids is 3. The van der Waals surface area contributed by atoms with Gasteiger partial charge in [-0.1, -0.05) is 13.8 Å². The number of rotatable bonds is 7. The quantitative estimate of drug-likeness (QED) is 0.284. The number of amides is 2. The third-order valence-electron chi connectivity index (χ3n) is 4.44. The zero-order chi connectivity index (χ0) is 22.0. The molecule has 1 saturated heterocycles. The lowest BCUT2D eigenvalue weighted by Crippen LogP contribution is -2.66. The minimum Gasteiger partial charge on any atom is -0.465 e. The number of ether oxygens (including phenoxy) is 3. The van der Waals surface area contributed by atoms with Crippen molar-refractivity contribution in [3.8, 4) is 0 Å². The predicted molar refractivity (Wildman–Crippen MR) is 95.6 cm³/mol. The molecule has 0 bridgehead atoms. The van der Waals surface area contributed by atoms with Gasteiger partial charge in [-0.15, -0.1) is 0 Å². The first-order valence-electron chi connectivity index (χ1n) is 8.92. The summed E-state index contributed by atoms with van der Waals surface area (Å²) < 4.78 is 15.4. The lowest BCUT2D eigenvalue weighted by Gasteiger charge is -2.36. The summed E-state index contributed by atoms with van der Waals surface area (Å²) in [5.41, 5.74) is 3.28. The summed E-state index contributed by atoms with van der Waals surface area (Å²) >= 11 is 0. The van der Waals surface area contributed by atoms with E-state index in [0.717, 1.165) is 17.2 Å². The topological polar surface area (TPSA) is 181 Å². The Bertz CT molecular complexity index is 683. The number of urea groups is 1. The number of nitrogens with zero attached hydrogens (tertiary/aromatic N) is 1. The molecule has 0 aromatic heterocycles. The molecule has 164 valence electrons. The van der Waals surface area contributed by atoms with E-state index in [2.05, 4.69) is 5.32 Å². The molecule has 29 heavy (non-hydrogen) atoms. The molecule has 0 aromatic rings. The van der Waals surface area contributed by atoms with Crippen molar-refractivity contribution >= 4 is 18.0 Å². The van der Waals surface area contributed by atoms with Crippen molar-refractivity contribution in [1.29, 1.82) is 0 Å². The van der Waals surface area contributed by atoms with Gasteiger partial charge in [0.2, 0.25) is 5.66 Å². The molecule has 0 radical (unpaired) electrons. The van der Waals surface area contributed by atoms with E-state index < -0.39 is 60.2 Å². The van der Waals surface area contributed by atoms with Crippen molar-refractivity contribution < 1.29 is 43.9 Å². The lowest BCUT2D eigenvalue weighted by atomic mass is 9.96. The minimum atomic E-state index is -1.97. The number of hydrogen-bond acceptors (Lipinski definition) is 10. The van der Waals surface area contributed by atoms with Crippen molar-refractivity contribution in [1.82, 2.24) is 10.2 Å². The monoisotopic (exact) mass is 417 g/mol. The van der Waals surface area contributed by atoms with E-state index in [0.29, 0.717) is 0 Å². The predicted octanol–water partition coefficient (Wildman–Crippen LogP) is -2.25. The van der Waals surface area contributed by atoms with E-state index in [1.54, 1.807) is 13.8 Å². The fourth-order valence-corrected chi connectivity index (χ4v) is 2.70. The van der Waals surface area contributed by atoms with Crippen molar-refractivity contribution in [2.24, 2.45) is 11.1 Å². The first kappa shape index (κ1) is 23.0. The second-order valence-electron chi connectivity index (χ2n) is 7.77. The third kappa shape index (κ3) is 5.22. The summed E-state index contributed by atoms with van der Waals surface area (Å²) in [7, 11) is 0. The Balaban J connectivity index is 2.01. The van der Waals surface area contributed by atoms with Crippen molar-refractivity contribution in [2.75, 3.05) is 19.8 Å². The molecule has 6 N–H and O–H groups in total. The van der Waals surface area contributed by atoms with Crippen LogP contribution in [0.4, 0.5) is 4.79 Å². The molecule has 2 rings (SSSR count). The van der Waals surface area contributed by atoms with Crippen LogP contribution in [0.2, 0.25) is 0 Å². The van der Waals surface area contributed by atoms with Gasteiger partial charge < -0.3 is 34.8 Å². The maximum absolute atomic E-state index is 12.4. The van der Waals surface area contributed by atoms with E-state index in [9.17, 15) is 24.6 Å². The fraction of sp³-hybridized carbons (Fsp3) is 0.706. The van der Waals surface area contributed by atoms with Crippen LogP contribution in [0.25, 0.3) is 0 Å². The van der Waals surface area contributed by atoms with Crippen molar-refractivity contribution in [3.05, 3.63) is 12.3 Å². The second kappa shape index (κ2) is 8.63. The highest BCUT2D eigenvalue weighted by molar-refractivity contribution is 5.90. The van der Waals surface area contributed by atoms with Crippen LogP contribution in [0.3, 0.4) is 0 Å². The Morgan fingerprint density at radius 3 is 2.45 bits per heavy atom. The molecular weight excluding hydrogens is 390 g/mol. The number of hydrogen-bond donors (Lipinski definition) is 5. The summed E-state index contributed by atoms with van der Waals surface area (Å²) in [6.07, 6.45) is -2.93. The highest BCUT2D eigenvalue weighted by Crippen LogP contribution is 2.26. The van der Waals surface area contributed by atoms with Gasteiger partial charge in [0, 0.05) is 18.5 Å². The summed E-state index contributed by atoms with van der Waals surface area (Å²) in [4.78, 5) is 36.6. The molecule has 2 aliphatic heterocycles. The van der Waals surface area contributed by atoms with Crippen LogP contribution < -0.4 is 11.1 Å². The molecule has 0 aromatic carbocycles. The molecule has 5 atom stereocenters. The van der Waals surface area contributed by atoms with Gasteiger partial charge in [0.15, 0.2) is 6.23 Å². The Kier molecular flexibility index (Phi) is 6.86. The molecule has 0 saturated carbocycles. The summed E-state index contributed by atoms with van der Waals surface area (Å²) in [6.45, 7) is 4.03. The van der Waals surface area contributed by atoms with Crippen LogP contribution in [0.15, 0.2) is 12.3 Å². The van der Waals surface area contributed by atoms with E-state index in [1.807, 2.05) is 0 Å². The first-order chi connectivity index (χ1) is 13.4. The molecule has 1 unspecified atom stereocenters. The van der Waals surface area contributed by atoms with Crippen LogP contribution in [0.5, 0.6) is 0 Å². The van der Waals surface area contributed by atoms with Crippen LogP contribution in [0.1, 0.15) is 20.8 Å². The van der Waals surface area contributed by atoms with E-state index >= 15 is 0 Å². The number of nitrogens with two attached hydrogens (primary N) is 1. The second-order valence-corrected chi connectivity index (χ2v) is 7.77. The number of nitrogens with one attached hydrogen (secondary N) is 1. The summed E-state index contributed by atoms with van der Waals surface area (Å²) in [6, 6.07) is -0.874. The number of aliphatic hydroxyl groups excluding tert-OH is 3. The van der Waals surface area contributed by atoms with E-state index in [1.165, 1.54) is 6.92 Å². The smallest absolute Gasteiger partial charge is 0.351 e. The highest BCUT2D eigenvalue weighted by atomic mass is 16.6. The Morgan fingerprint density at radius 2 is 1.93 bits per heavy atom. The normalized spacial score (nSPS) is 32.1. The molecule has 2 amide bonds. The molecule has 0 aliphatic carbocycles. The fourth-order valence-electron chi connectivity index (χ4n) is 2.70. The standard InChI is InChI=1S/C17H27N3O9/c1-9(22)27-7-16(2,3)8-28-14(25)17(18)4-5-20(15(26)19-17)13-12(24)11(23)10(6-21)29-13/h4-5,10-13,21,23-24H,6-8,18H2,1-3H3,(H,19,26)/t10-,11-,12-,13-,17?/m1/s1. The molecule has 1 fully saturated rings. The van der Waals surface area contributed by atoms with Gasteiger partial charge in [-0.25, -0.2) is 9.59 Å². The van der Waals surface area contributed by atoms with Gasteiger partial charge in [0.25, 0.3) is 0 Å². The third-order valence-corrected chi connectivity index (χ3v) is 4.44. The number of carbonyl (C=O) groups is 3. The molecule has 2 heterocycles. The molecule has 0 spiro atoms. The zero-order valence-electron chi connectivity index (χ0n) is 16.4. The van der Waals surface area contributed by atoms with Gasteiger partial charge >= 0.3 is 18.0 Å². The van der Waals surface area contributed by atoms with Gasteiger partial charge in [-0.2, -0.15) is 0 Å². The Hall–Kier alpha value is -2.25. The Morgan fingerprint density at radius 1 is 1.31 bits per heavy atom. The Labute approximate surface area is 167 Å². The van der Waals surface area contributed by atoms with Gasteiger partial charge in [0.1, 0.15) is 18.3 Å². The molecule has 12 nitrogen and oxygen atoms in total. The first-order valence-corrected chi connectivity index (χ1v) is 8.92. The van der Waals surface area contributed by atoms with Crippen LogP contribution in [-0.4, -0.2) is 88.2 Å². The zero-order valence-corrected chi connectivity index (χ0v) is 16.4. The largest absolute Gasteiger partial charge is 0.465 e. The molecule has 2 aliphatic rings. The van der Waals surface area contributed by atoms with E-state index in [-0.39, 0.29) is 13.2 Å². The molecular formula is C17H27N3O9.